The van der Waals surface area contributed by atoms with Crippen LogP contribution in [0.4, 0.5) is 0 Å². The highest BCUT2D eigenvalue weighted by atomic mass is 16.3. The number of aryl methyl sites for hydroxylation is 1. The number of likely N-dealkylation sites (tertiary alicyclic amines) is 1. The Morgan fingerprint density at radius 1 is 1.03 bits per heavy atom. The fraction of sp³-hybridized carbons (Fsp3) is 0.609. The summed E-state index contributed by atoms with van der Waals surface area (Å²) in [7, 11) is 2.07. The lowest BCUT2D eigenvalue weighted by atomic mass is 9.99. The van der Waals surface area contributed by atoms with E-state index in [-0.39, 0.29) is 6.10 Å². The van der Waals surface area contributed by atoms with Crippen molar-refractivity contribution >= 4 is 0 Å². The molecular weight excluding hydrogens is 362 g/mol. The van der Waals surface area contributed by atoms with Gasteiger partial charge in [-0.3, -0.25) is 9.80 Å². The fourth-order valence-electron chi connectivity index (χ4n) is 4.73. The summed E-state index contributed by atoms with van der Waals surface area (Å²) in [6.07, 6.45) is 3.86. The Morgan fingerprint density at radius 3 is 2.45 bits per heavy atom. The summed E-state index contributed by atoms with van der Waals surface area (Å²) in [5, 5.41) is 10.8. The van der Waals surface area contributed by atoms with E-state index in [4.69, 9.17) is 0 Å². The van der Waals surface area contributed by atoms with Gasteiger partial charge >= 0.3 is 0 Å². The van der Waals surface area contributed by atoms with Crippen LogP contribution in [0.5, 0.6) is 0 Å². The number of rotatable bonds is 6. The second-order valence-electron chi connectivity index (χ2n) is 8.63. The van der Waals surface area contributed by atoms with Crippen molar-refractivity contribution < 1.29 is 5.11 Å². The van der Waals surface area contributed by atoms with Crippen LogP contribution in [-0.4, -0.2) is 87.3 Å². The van der Waals surface area contributed by atoms with E-state index in [1.165, 1.54) is 11.3 Å². The molecule has 29 heavy (non-hydrogen) atoms. The zero-order chi connectivity index (χ0) is 20.2. The number of nitrogens with zero attached hydrogens (tertiary/aromatic N) is 5. The van der Waals surface area contributed by atoms with Gasteiger partial charge in [-0.25, -0.2) is 4.98 Å². The Labute approximate surface area is 174 Å². The lowest BCUT2D eigenvalue weighted by Gasteiger charge is -2.45. The fourth-order valence-corrected chi connectivity index (χ4v) is 4.73. The van der Waals surface area contributed by atoms with Crippen LogP contribution in [0.25, 0.3) is 0 Å². The van der Waals surface area contributed by atoms with E-state index in [9.17, 15) is 5.11 Å². The van der Waals surface area contributed by atoms with Crippen LogP contribution in [0.1, 0.15) is 23.5 Å². The van der Waals surface area contributed by atoms with Gasteiger partial charge in [0.25, 0.3) is 0 Å². The predicted molar refractivity (Wildman–Crippen MR) is 116 cm³/mol. The summed E-state index contributed by atoms with van der Waals surface area (Å²) in [5.74, 6) is 1.04. The quantitative estimate of drug-likeness (QED) is 0.801. The van der Waals surface area contributed by atoms with Gasteiger partial charge < -0.3 is 14.6 Å². The summed E-state index contributed by atoms with van der Waals surface area (Å²) < 4.78 is 2.15. The monoisotopic (exact) mass is 397 g/mol. The summed E-state index contributed by atoms with van der Waals surface area (Å²) in [4.78, 5) is 11.8. The van der Waals surface area contributed by atoms with Crippen LogP contribution in [0.15, 0.2) is 36.5 Å². The summed E-state index contributed by atoms with van der Waals surface area (Å²) in [6.45, 7) is 10.2. The number of aliphatic hydroxyl groups is 1. The standard InChI is InChI=1S/C23H35N5O/c1-19-24-16-21(25(19)2)17-27-11-9-22(23(29)18-27)28-14-12-26(13-15-28)10-8-20-6-4-3-5-7-20/h3-7,16,22-23,29H,8-15,17-18H2,1-2H3/t22-,23-/m1/s1. The molecule has 0 bridgehead atoms. The van der Waals surface area contributed by atoms with Crippen LogP contribution in [0.3, 0.4) is 0 Å². The number of imidazole rings is 1. The molecule has 1 N–H and O–H groups in total. The highest BCUT2D eigenvalue weighted by Gasteiger charge is 2.33. The third kappa shape index (κ3) is 5.07. The number of piperidine rings is 1. The minimum Gasteiger partial charge on any atom is -0.390 e. The Hall–Kier alpha value is -1.73. The number of hydrogen-bond donors (Lipinski definition) is 1. The second-order valence-corrected chi connectivity index (χ2v) is 8.63. The summed E-state index contributed by atoms with van der Waals surface area (Å²) >= 11 is 0. The van der Waals surface area contributed by atoms with E-state index in [0.717, 1.165) is 71.0 Å². The molecule has 3 heterocycles. The average Bonchev–Trinajstić information content (AvgIpc) is 3.06. The second kappa shape index (κ2) is 9.39. The molecule has 2 aromatic rings. The van der Waals surface area contributed by atoms with Gasteiger partial charge in [-0.2, -0.15) is 0 Å². The maximum Gasteiger partial charge on any atom is 0.105 e. The molecule has 0 aliphatic carbocycles. The number of hydrogen-bond acceptors (Lipinski definition) is 5. The van der Waals surface area contributed by atoms with Gasteiger partial charge in [-0.15, -0.1) is 0 Å². The molecular formula is C23H35N5O. The third-order valence-corrected chi connectivity index (χ3v) is 6.77. The van der Waals surface area contributed by atoms with Crippen molar-refractivity contribution in [3.63, 3.8) is 0 Å². The lowest BCUT2D eigenvalue weighted by Crippen LogP contribution is -2.58. The van der Waals surface area contributed by atoms with Crippen molar-refractivity contribution in [2.45, 2.75) is 38.5 Å². The van der Waals surface area contributed by atoms with E-state index in [1.54, 1.807) is 0 Å². The van der Waals surface area contributed by atoms with Crippen LogP contribution >= 0.6 is 0 Å². The molecule has 6 nitrogen and oxygen atoms in total. The molecule has 2 fully saturated rings. The predicted octanol–water partition coefficient (Wildman–Crippen LogP) is 1.52. The first kappa shape index (κ1) is 20.5. The molecule has 0 amide bonds. The van der Waals surface area contributed by atoms with Gasteiger partial charge in [0.15, 0.2) is 0 Å². The Kier molecular flexibility index (Phi) is 6.65. The number of piperazine rings is 1. The Balaban J connectivity index is 1.22. The first-order chi connectivity index (χ1) is 14.1. The van der Waals surface area contributed by atoms with Crippen LogP contribution < -0.4 is 0 Å². The van der Waals surface area contributed by atoms with Crippen LogP contribution in [0, 0.1) is 6.92 Å². The van der Waals surface area contributed by atoms with E-state index >= 15 is 0 Å². The van der Waals surface area contributed by atoms with Crippen molar-refractivity contribution in [1.82, 2.24) is 24.3 Å². The number of β-amino-alcohol motifs (C(OH)–C–C–N with tert-alkyl or cyclic N) is 1. The molecule has 0 radical (unpaired) electrons. The van der Waals surface area contributed by atoms with E-state index in [0.29, 0.717) is 6.04 Å². The van der Waals surface area contributed by atoms with E-state index < -0.39 is 0 Å². The molecule has 1 aromatic carbocycles. The number of benzene rings is 1. The zero-order valence-corrected chi connectivity index (χ0v) is 17.9. The largest absolute Gasteiger partial charge is 0.390 e. The molecule has 2 aliphatic heterocycles. The maximum absolute atomic E-state index is 10.8. The van der Waals surface area contributed by atoms with Gasteiger partial charge in [-0.1, -0.05) is 30.3 Å². The lowest BCUT2D eigenvalue weighted by molar-refractivity contribution is -0.0311. The molecule has 4 rings (SSSR count). The van der Waals surface area contributed by atoms with Crippen molar-refractivity contribution in [3.8, 4) is 0 Å². The molecule has 0 unspecified atom stereocenters. The van der Waals surface area contributed by atoms with Gasteiger partial charge in [0, 0.05) is 71.6 Å². The summed E-state index contributed by atoms with van der Waals surface area (Å²) in [6, 6.07) is 11.1. The molecule has 2 atom stereocenters. The number of aliphatic hydroxyl groups excluding tert-OH is 1. The van der Waals surface area contributed by atoms with Crippen LogP contribution in [-0.2, 0) is 20.0 Å². The first-order valence-electron chi connectivity index (χ1n) is 11.0. The Morgan fingerprint density at radius 2 is 1.79 bits per heavy atom. The summed E-state index contributed by atoms with van der Waals surface area (Å²) in [5.41, 5.74) is 2.64. The minimum absolute atomic E-state index is 0.269. The maximum atomic E-state index is 10.8. The highest BCUT2D eigenvalue weighted by molar-refractivity contribution is 5.15. The molecule has 6 heteroatoms. The van der Waals surface area contributed by atoms with E-state index in [2.05, 4.69) is 61.6 Å². The molecule has 2 saturated heterocycles. The molecule has 0 spiro atoms. The van der Waals surface area contributed by atoms with Crippen molar-refractivity contribution in [1.29, 1.82) is 0 Å². The third-order valence-electron chi connectivity index (χ3n) is 6.77. The van der Waals surface area contributed by atoms with Gasteiger partial charge in [-0.05, 0) is 25.3 Å². The first-order valence-corrected chi connectivity index (χ1v) is 11.0. The van der Waals surface area contributed by atoms with Crippen molar-refractivity contribution in [3.05, 3.63) is 53.6 Å². The number of aromatic nitrogens is 2. The molecule has 2 aliphatic rings. The van der Waals surface area contributed by atoms with Crippen molar-refractivity contribution in [2.24, 2.45) is 7.05 Å². The average molecular weight is 398 g/mol. The topological polar surface area (TPSA) is 47.8 Å². The van der Waals surface area contributed by atoms with Gasteiger partial charge in [0.05, 0.1) is 11.8 Å². The smallest absolute Gasteiger partial charge is 0.105 e. The van der Waals surface area contributed by atoms with Gasteiger partial charge in [0.2, 0.25) is 0 Å². The molecule has 1 aromatic heterocycles. The van der Waals surface area contributed by atoms with E-state index in [1.807, 2.05) is 13.1 Å². The minimum atomic E-state index is -0.269. The van der Waals surface area contributed by atoms with Crippen LogP contribution in [0.2, 0.25) is 0 Å². The normalized spacial score (nSPS) is 24.8. The highest BCUT2D eigenvalue weighted by Crippen LogP contribution is 2.21. The molecule has 158 valence electrons. The Bertz CT molecular complexity index is 769. The van der Waals surface area contributed by atoms with Crippen molar-refractivity contribution in [2.75, 3.05) is 45.8 Å². The zero-order valence-electron chi connectivity index (χ0n) is 17.9. The SMILES string of the molecule is Cc1ncc(CN2CC[C@@H](N3CCN(CCc4ccccc4)CC3)[C@H](O)C2)n1C. The van der Waals surface area contributed by atoms with Gasteiger partial charge in [0.1, 0.15) is 5.82 Å². The molecule has 0 saturated carbocycles.